The predicted molar refractivity (Wildman–Crippen MR) is 103 cm³/mol. The Balaban J connectivity index is 1.18. The fourth-order valence-electron chi connectivity index (χ4n) is 3.81. The maximum absolute atomic E-state index is 12.6. The Bertz CT molecular complexity index is 1020. The van der Waals surface area contributed by atoms with Crippen LogP contribution in [-0.2, 0) is 13.6 Å². The molecule has 2 aromatic heterocycles. The molecule has 2 aliphatic rings. The first-order valence-electron chi connectivity index (χ1n) is 9.73. The van der Waals surface area contributed by atoms with Crippen molar-refractivity contribution < 1.29 is 14.3 Å². The van der Waals surface area contributed by atoms with Crippen LogP contribution in [-0.4, -0.2) is 49.7 Å². The van der Waals surface area contributed by atoms with Gasteiger partial charge in [0.1, 0.15) is 25.6 Å². The largest absolute Gasteiger partial charge is 0.486 e. The number of nitrogens with one attached hydrogen (secondary N) is 1. The van der Waals surface area contributed by atoms with Crippen molar-refractivity contribution in [3.05, 3.63) is 53.9 Å². The molecule has 0 saturated heterocycles. The van der Waals surface area contributed by atoms with E-state index in [1.807, 2.05) is 28.6 Å². The first kappa shape index (κ1) is 17.7. The lowest BCUT2D eigenvalue weighted by Gasteiger charge is -2.35. The molecule has 1 amide bonds. The Morgan fingerprint density at radius 3 is 2.83 bits per heavy atom. The molecule has 29 heavy (non-hydrogen) atoms. The average molecular weight is 394 g/mol. The summed E-state index contributed by atoms with van der Waals surface area (Å²) in [5.41, 5.74) is 0.581. The fourth-order valence-corrected chi connectivity index (χ4v) is 3.81. The van der Waals surface area contributed by atoms with Crippen LogP contribution in [0.2, 0.25) is 0 Å². The van der Waals surface area contributed by atoms with E-state index < -0.39 is 0 Å². The molecule has 3 aromatic rings. The van der Waals surface area contributed by atoms with Gasteiger partial charge in [-0.05, 0) is 37.1 Å². The Morgan fingerprint density at radius 2 is 2.03 bits per heavy atom. The van der Waals surface area contributed by atoms with Crippen molar-refractivity contribution in [2.75, 3.05) is 13.2 Å². The van der Waals surface area contributed by atoms with Gasteiger partial charge in [0.2, 0.25) is 0 Å². The van der Waals surface area contributed by atoms with E-state index >= 15 is 0 Å². The highest BCUT2D eigenvalue weighted by Gasteiger charge is 2.35. The van der Waals surface area contributed by atoms with Gasteiger partial charge in [-0.3, -0.25) is 9.48 Å². The van der Waals surface area contributed by atoms with Crippen molar-refractivity contribution in [3.8, 4) is 11.5 Å². The highest BCUT2D eigenvalue weighted by Crippen LogP contribution is 2.36. The second kappa shape index (κ2) is 7.23. The number of fused-ring (bicyclic) bond motifs is 1. The normalized spacial score (nSPS) is 20.2. The molecule has 1 aliphatic heterocycles. The van der Waals surface area contributed by atoms with Crippen molar-refractivity contribution in [2.45, 2.75) is 31.3 Å². The summed E-state index contributed by atoms with van der Waals surface area (Å²) >= 11 is 0. The molecule has 0 unspecified atom stereocenters. The van der Waals surface area contributed by atoms with Crippen LogP contribution in [0.15, 0.2) is 36.7 Å². The summed E-state index contributed by atoms with van der Waals surface area (Å²) in [6.45, 7) is 1.63. The van der Waals surface area contributed by atoms with E-state index in [9.17, 15) is 4.79 Å². The molecular weight excluding hydrogens is 372 g/mol. The molecular formula is C20H22N6O3. The van der Waals surface area contributed by atoms with Gasteiger partial charge in [0, 0.05) is 37.0 Å². The minimum Gasteiger partial charge on any atom is -0.486 e. The minimum atomic E-state index is -0.0947. The summed E-state index contributed by atoms with van der Waals surface area (Å²) in [6.07, 6.45) is 5.35. The fraction of sp³-hybridized carbons (Fsp3) is 0.400. The van der Waals surface area contributed by atoms with Crippen LogP contribution in [0.5, 0.6) is 11.5 Å². The van der Waals surface area contributed by atoms with Gasteiger partial charge in [0.25, 0.3) is 5.91 Å². The third-order valence-corrected chi connectivity index (χ3v) is 5.50. The number of carbonyl (C=O) groups is 1. The quantitative estimate of drug-likeness (QED) is 0.705. The zero-order valence-corrected chi connectivity index (χ0v) is 16.1. The van der Waals surface area contributed by atoms with Gasteiger partial charge in [-0.25, -0.2) is 0 Å². The molecule has 3 heterocycles. The van der Waals surface area contributed by atoms with Crippen molar-refractivity contribution >= 4 is 5.91 Å². The van der Waals surface area contributed by atoms with Crippen molar-refractivity contribution in [1.29, 1.82) is 0 Å². The summed E-state index contributed by atoms with van der Waals surface area (Å²) < 4.78 is 14.9. The molecule has 5 rings (SSSR count). The first-order chi connectivity index (χ1) is 14.2. The highest BCUT2D eigenvalue weighted by molar-refractivity contribution is 5.95. The van der Waals surface area contributed by atoms with E-state index in [1.165, 1.54) is 0 Å². The topological polar surface area (TPSA) is 96.1 Å². The Labute approximate surface area is 167 Å². The van der Waals surface area contributed by atoms with E-state index in [0.717, 1.165) is 24.5 Å². The molecule has 1 saturated carbocycles. The summed E-state index contributed by atoms with van der Waals surface area (Å²) in [7, 11) is 1.98. The Hall–Kier alpha value is -3.36. The molecule has 0 radical (unpaired) electrons. The van der Waals surface area contributed by atoms with E-state index in [-0.39, 0.29) is 11.9 Å². The lowest BCUT2D eigenvalue weighted by atomic mass is 9.79. The smallest absolute Gasteiger partial charge is 0.251 e. The average Bonchev–Trinajstić information content (AvgIpc) is 3.35. The lowest BCUT2D eigenvalue weighted by Crippen LogP contribution is -2.44. The van der Waals surface area contributed by atoms with Gasteiger partial charge in [-0.1, -0.05) is 0 Å². The maximum atomic E-state index is 12.6. The standard InChI is InChI=1S/C20H22N6O3/c1-25-18(12-26-6-2-5-21-26)23-24-19(25)14-9-15(10-14)22-20(27)13-3-4-16-17(11-13)29-8-7-28-16/h2-6,11,14-15H,7-10,12H2,1H3,(H,22,27). The number of nitrogens with zero attached hydrogens (tertiary/aromatic N) is 5. The molecule has 1 aromatic carbocycles. The van der Waals surface area contributed by atoms with Crippen molar-refractivity contribution in [3.63, 3.8) is 0 Å². The predicted octanol–water partition coefficient (Wildman–Crippen LogP) is 1.51. The summed E-state index contributed by atoms with van der Waals surface area (Å²) in [5.74, 6) is 3.33. The second-order valence-corrected chi connectivity index (χ2v) is 7.43. The van der Waals surface area contributed by atoms with Gasteiger partial charge >= 0.3 is 0 Å². The molecule has 9 heteroatoms. The number of hydrogen-bond acceptors (Lipinski definition) is 6. The lowest BCUT2D eigenvalue weighted by molar-refractivity contribution is 0.0905. The zero-order chi connectivity index (χ0) is 19.8. The summed E-state index contributed by atoms with van der Waals surface area (Å²) in [5, 5.41) is 16.0. The minimum absolute atomic E-state index is 0.0947. The van der Waals surface area contributed by atoms with Crippen LogP contribution in [0.1, 0.15) is 40.8 Å². The molecule has 0 spiro atoms. The highest BCUT2D eigenvalue weighted by atomic mass is 16.6. The van der Waals surface area contributed by atoms with Crippen LogP contribution >= 0.6 is 0 Å². The number of rotatable bonds is 5. The van der Waals surface area contributed by atoms with Crippen LogP contribution in [0, 0.1) is 0 Å². The van der Waals surface area contributed by atoms with Crippen LogP contribution in [0.4, 0.5) is 0 Å². The third kappa shape index (κ3) is 3.43. The number of ether oxygens (including phenoxy) is 2. The monoisotopic (exact) mass is 394 g/mol. The van der Waals surface area contributed by atoms with Gasteiger partial charge in [-0.15, -0.1) is 10.2 Å². The van der Waals surface area contributed by atoms with Gasteiger partial charge in [0.05, 0.1) is 0 Å². The zero-order valence-electron chi connectivity index (χ0n) is 16.1. The molecule has 150 valence electrons. The molecule has 1 aliphatic carbocycles. The van der Waals surface area contributed by atoms with Gasteiger partial charge < -0.3 is 19.4 Å². The van der Waals surface area contributed by atoms with E-state index in [2.05, 4.69) is 20.6 Å². The van der Waals surface area contributed by atoms with Crippen LogP contribution < -0.4 is 14.8 Å². The van der Waals surface area contributed by atoms with E-state index in [4.69, 9.17) is 9.47 Å². The third-order valence-electron chi connectivity index (χ3n) is 5.50. The number of amides is 1. The molecule has 0 bridgehead atoms. The van der Waals surface area contributed by atoms with E-state index in [0.29, 0.717) is 42.7 Å². The van der Waals surface area contributed by atoms with Crippen LogP contribution in [0.3, 0.4) is 0 Å². The second-order valence-electron chi connectivity index (χ2n) is 7.43. The number of benzene rings is 1. The number of hydrogen-bond donors (Lipinski definition) is 1. The SMILES string of the molecule is Cn1c(Cn2cccn2)nnc1C1CC(NC(=O)c2ccc3c(c2)OCCO3)C1. The molecule has 0 atom stereocenters. The van der Waals surface area contributed by atoms with Crippen LogP contribution in [0.25, 0.3) is 0 Å². The van der Waals surface area contributed by atoms with E-state index in [1.54, 1.807) is 24.4 Å². The molecule has 1 fully saturated rings. The van der Waals surface area contributed by atoms with Gasteiger partial charge in [0.15, 0.2) is 17.3 Å². The first-order valence-corrected chi connectivity index (χ1v) is 9.73. The van der Waals surface area contributed by atoms with Gasteiger partial charge in [-0.2, -0.15) is 5.10 Å². The van der Waals surface area contributed by atoms with Crippen molar-refractivity contribution in [1.82, 2.24) is 29.9 Å². The number of aromatic nitrogens is 5. The number of carbonyl (C=O) groups excluding carboxylic acids is 1. The summed E-state index contributed by atoms with van der Waals surface area (Å²) in [4.78, 5) is 12.6. The molecule has 9 nitrogen and oxygen atoms in total. The Morgan fingerprint density at radius 1 is 1.21 bits per heavy atom. The molecule has 1 N–H and O–H groups in total. The Kier molecular flexibility index (Phi) is 4.42. The summed E-state index contributed by atoms with van der Waals surface area (Å²) in [6, 6.07) is 7.31. The maximum Gasteiger partial charge on any atom is 0.251 e. The van der Waals surface area contributed by atoms with Crippen molar-refractivity contribution in [2.24, 2.45) is 7.05 Å².